The summed E-state index contributed by atoms with van der Waals surface area (Å²) in [7, 11) is 1.52. The zero-order valence-corrected chi connectivity index (χ0v) is 16.0. The van der Waals surface area contributed by atoms with Crippen LogP contribution in [0.25, 0.3) is 0 Å². The maximum Gasteiger partial charge on any atom is 0.255 e. The quantitative estimate of drug-likeness (QED) is 0.833. The molecule has 1 aromatic heterocycles. The number of carbonyl (C=O) groups is 1. The lowest BCUT2D eigenvalue weighted by Gasteiger charge is -2.29. The van der Waals surface area contributed by atoms with Crippen molar-refractivity contribution in [2.45, 2.75) is 13.5 Å². The zero-order valence-electron chi connectivity index (χ0n) is 15.2. The Morgan fingerprint density at radius 1 is 1.33 bits per heavy atom. The number of anilines is 2. The number of hydrogen-bond donors (Lipinski definition) is 1. The van der Waals surface area contributed by atoms with Gasteiger partial charge in [0, 0.05) is 30.5 Å². The van der Waals surface area contributed by atoms with Gasteiger partial charge in [-0.25, -0.2) is 4.98 Å². The van der Waals surface area contributed by atoms with Crippen LogP contribution in [-0.2, 0) is 16.1 Å². The number of carbonyl (C=O) groups excluding carboxylic acids is 1. The second-order valence-corrected chi connectivity index (χ2v) is 6.53. The molecule has 3 rings (SSSR count). The van der Waals surface area contributed by atoms with Gasteiger partial charge in [-0.3, -0.25) is 14.2 Å². The van der Waals surface area contributed by atoms with E-state index in [-0.39, 0.29) is 18.0 Å². The van der Waals surface area contributed by atoms with E-state index < -0.39 is 0 Å². The minimum absolute atomic E-state index is 0.150. The van der Waals surface area contributed by atoms with Crippen molar-refractivity contribution in [3.05, 3.63) is 45.3 Å². The summed E-state index contributed by atoms with van der Waals surface area (Å²) >= 11 is 6.08. The van der Waals surface area contributed by atoms with E-state index in [4.69, 9.17) is 21.1 Å². The summed E-state index contributed by atoms with van der Waals surface area (Å²) in [5.74, 6) is 0.646. The Morgan fingerprint density at radius 2 is 2.07 bits per heavy atom. The Morgan fingerprint density at radius 3 is 2.74 bits per heavy atom. The number of rotatable bonds is 5. The highest BCUT2D eigenvalue weighted by Crippen LogP contribution is 2.27. The summed E-state index contributed by atoms with van der Waals surface area (Å²) in [6.45, 7) is 3.95. The predicted molar refractivity (Wildman–Crippen MR) is 103 cm³/mol. The van der Waals surface area contributed by atoms with Crippen LogP contribution in [0.5, 0.6) is 5.75 Å². The van der Waals surface area contributed by atoms with Gasteiger partial charge >= 0.3 is 0 Å². The van der Waals surface area contributed by atoms with E-state index in [2.05, 4.69) is 10.3 Å². The number of morpholine rings is 1. The van der Waals surface area contributed by atoms with Crippen LogP contribution < -0.4 is 20.5 Å². The SMILES string of the molecule is COc1ccc(NC(=O)Cn2c(N3CCOCC3)nc(C)cc2=O)cc1Cl. The molecule has 1 N–H and O–H groups in total. The van der Waals surface area contributed by atoms with Crippen LogP contribution in [0.3, 0.4) is 0 Å². The van der Waals surface area contributed by atoms with E-state index in [1.807, 2.05) is 4.90 Å². The van der Waals surface area contributed by atoms with Crippen LogP contribution in [0.15, 0.2) is 29.1 Å². The number of hydrogen-bond acceptors (Lipinski definition) is 6. The Labute approximate surface area is 161 Å². The van der Waals surface area contributed by atoms with Crippen molar-refractivity contribution in [1.29, 1.82) is 0 Å². The van der Waals surface area contributed by atoms with E-state index in [1.54, 1.807) is 25.1 Å². The van der Waals surface area contributed by atoms with Gasteiger partial charge in [0.2, 0.25) is 11.9 Å². The standard InChI is InChI=1S/C18H21ClN4O4/c1-12-9-17(25)23(18(20-12)22-5-7-27-8-6-22)11-16(24)21-13-3-4-15(26-2)14(19)10-13/h3-4,9-10H,5-8,11H2,1-2H3,(H,21,24). The molecule has 1 aromatic carbocycles. The molecule has 8 nitrogen and oxygen atoms in total. The first-order valence-corrected chi connectivity index (χ1v) is 8.90. The minimum atomic E-state index is -0.349. The third-order valence-corrected chi connectivity index (χ3v) is 4.44. The molecule has 0 aliphatic carbocycles. The Bertz CT molecular complexity index is 893. The maximum absolute atomic E-state index is 12.5. The summed E-state index contributed by atoms with van der Waals surface area (Å²) < 4.78 is 11.8. The number of aryl methyl sites for hydroxylation is 1. The molecule has 27 heavy (non-hydrogen) atoms. The Hall–Kier alpha value is -2.58. The zero-order chi connectivity index (χ0) is 19.4. The predicted octanol–water partition coefficient (Wildman–Crippen LogP) is 1.69. The van der Waals surface area contributed by atoms with Gasteiger partial charge in [0.25, 0.3) is 5.56 Å². The van der Waals surface area contributed by atoms with Gasteiger partial charge in [-0.2, -0.15) is 0 Å². The summed E-state index contributed by atoms with van der Waals surface area (Å²) in [6.07, 6.45) is 0. The summed E-state index contributed by atoms with van der Waals surface area (Å²) in [5, 5.41) is 3.13. The van der Waals surface area contributed by atoms with E-state index in [9.17, 15) is 9.59 Å². The topological polar surface area (TPSA) is 85.7 Å². The summed E-state index contributed by atoms with van der Waals surface area (Å²) in [5.41, 5.74) is 0.860. The molecule has 1 fully saturated rings. The van der Waals surface area contributed by atoms with Crippen molar-refractivity contribution >= 4 is 29.1 Å². The fraction of sp³-hybridized carbons (Fsp3) is 0.389. The molecular weight excluding hydrogens is 372 g/mol. The first kappa shape index (κ1) is 19.2. The molecule has 2 aromatic rings. The fourth-order valence-electron chi connectivity index (χ4n) is 2.85. The molecule has 2 heterocycles. The fourth-order valence-corrected chi connectivity index (χ4v) is 3.10. The lowest BCUT2D eigenvalue weighted by atomic mass is 10.3. The van der Waals surface area contributed by atoms with Gasteiger partial charge in [0.15, 0.2) is 0 Å². The molecule has 1 aliphatic rings. The maximum atomic E-state index is 12.5. The van der Waals surface area contributed by atoms with E-state index >= 15 is 0 Å². The van der Waals surface area contributed by atoms with Crippen molar-refractivity contribution in [3.8, 4) is 5.75 Å². The van der Waals surface area contributed by atoms with Crippen LogP contribution in [-0.4, -0.2) is 48.9 Å². The molecule has 1 aliphatic heterocycles. The van der Waals surface area contributed by atoms with Crippen molar-refractivity contribution in [1.82, 2.24) is 9.55 Å². The van der Waals surface area contributed by atoms with Crippen molar-refractivity contribution in [2.75, 3.05) is 43.6 Å². The molecule has 0 unspecified atom stereocenters. The van der Waals surface area contributed by atoms with E-state index in [0.29, 0.717) is 54.4 Å². The molecule has 144 valence electrons. The van der Waals surface area contributed by atoms with Crippen molar-refractivity contribution in [3.63, 3.8) is 0 Å². The number of amides is 1. The highest BCUT2D eigenvalue weighted by Gasteiger charge is 2.19. The van der Waals surface area contributed by atoms with Gasteiger partial charge in [-0.15, -0.1) is 0 Å². The number of nitrogens with zero attached hydrogens (tertiary/aromatic N) is 3. The van der Waals surface area contributed by atoms with Crippen molar-refractivity contribution in [2.24, 2.45) is 0 Å². The summed E-state index contributed by atoms with van der Waals surface area (Å²) in [6, 6.07) is 6.36. The second kappa shape index (κ2) is 8.41. The smallest absolute Gasteiger partial charge is 0.255 e. The molecule has 0 radical (unpaired) electrons. The third-order valence-electron chi connectivity index (χ3n) is 4.15. The number of aromatic nitrogens is 2. The minimum Gasteiger partial charge on any atom is -0.495 e. The normalized spacial score (nSPS) is 14.1. The Balaban J connectivity index is 1.81. The first-order chi connectivity index (χ1) is 13.0. The van der Waals surface area contributed by atoms with Crippen LogP contribution in [0.1, 0.15) is 5.69 Å². The summed E-state index contributed by atoms with van der Waals surface area (Å²) in [4.78, 5) is 31.4. The molecule has 1 amide bonds. The second-order valence-electron chi connectivity index (χ2n) is 6.12. The average molecular weight is 393 g/mol. The Kier molecular flexibility index (Phi) is 5.98. The highest BCUT2D eigenvalue weighted by molar-refractivity contribution is 6.32. The van der Waals surface area contributed by atoms with Crippen LogP contribution in [0, 0.1) is 6.92 Å². The van der Waals surface area contributed by atoms with Crippen LogP contribution in [0.4, 0.5) is 11.6 Å². The van der Waals surface area contributed by atoms with Gasteiger partial charge in [0.1, 0.15) is 12.3 Å². The molecule has 0 bridgehead atoms. The van der Waals surface area contributed by atoms with Crippen molar-refractivity contribution < 1.29 is 14.3 Å². The molecular formula is C18H21ClN4O4. The van der Waals surface area contributed by atoms with Gasteiger partial charge in [0.05, 0.1) is 25.3 Å². The molecule has 0 saturated carbocycles. The lowest BCUT2D eigenvalue weighted by molar-refractivity contribution is -0.116. The molecule has 9 heteroatoms. The first-order valence-electron chi connectivity index (χ1n) is 8.52. The molecule has 1 saturated heterocycles. The molecule has 0 spiro atoms. The lowest BCUT2D eigenvalue weighted by Crippen LogP contribution is -2.41. The van der Waals surface area contributed by atoms with Gasteiger partial charge in [-0.05, 0) is 25.1 Å². The molecule has 0 atom stereocenters. The largest absolute Gasteiger partial charge is 0.495 e. The number of ether oxygens (including phenoxy) is 2. The number of nitrogens with one attached hydrogen (secondary N) is 1. The van der Waals surface area contributed by atoms with E-state index in [1.165, 1.54) is 17.7 Å². The number of methoxy groups -OCH3 is 1. The number of benzene rings is 1. The van der Waals surface area contributed by atoms with E-state index in [0.717, 1.165) is 0 Å². The van der Waals surface area contributed by atoms with Crippen LogP contribution >= 0.6 is 11.6 Å². The van der Waals surface area contributed by atoms with Gasteiger partial charge < -0.3 is 19.7 Å². The average Bonchev–Trinajstić information content (AvgIpc) is 2.64. The monoisotopic (exact) mass is 392 g/mol. The third kappa shape index (κ3) is 4.58. The highest BCUT2D eigenvalue weighted by atomic mass is 35.5. The van der Waals surface area contributed by atoms with Crippen LogP contribution in [0.2, 0.25) is 5.02 Å². The number of halogens is 1. The van der Waals surface area contributed by atoms with Gasteiger partial charge in [-0.1, -0.05) is 11.6 Å².